The fraction of sp³-hybridized carbons (Fsp3) is 0.0984. The molecule has 0 fully saturated rings. The number of aromatic nitrogens is 3. The van der Waals surface area contributed by atoms with Gasteiger partial charge >= 0.3 is 0 Å². The normalized spacial score (nSPS) is 14.9. The lowest BCUT2D eigenvalue weighted by Gasteiger charge is -2.20. The molecule has 0 saturated heterocycles. The molecule has 3 nitrogen and oxygen atoms in total. The van der Waals surface area contributed by atoms with Gasteiger partial charge < -0.3 is 0 Å². The van der Waals surface area contributed by atoms with E-state index in [0.717, 1.165) is 90.6 Å². The summed E-state index contributed by atoms with van der Waals surface area (Å²) in [5, 5.41) is 8.92. The van der Waals surface area contributed by atoms with Crippen LogP contribution in [-0.2, 0) is 0 Å². The maximum Gasteiger partial charge on any atom is 0.164 e. The molecule has 67 heavy (non-hydrogen) atoms. The van der Waals surface area contributed by atoms with Crippen molar-refractivity contribution in [2.45, 2.75) is 33.1 Å². The van der Waals surface area contributed by atoms with Crippen molar-refractivity contribution in [3.05, 3.63) is 223 Å². The van der Waals surface area contributed by atoms with Gasteiger partial charge in [-0.25, -0.2) is 19.3 Å². The van der Waals surface area contributed by atoms with Gasteiger partial charge in [0, 0.05) is 16.7 Å². The molecular formula is C61H48FN3P2. The second-order valence-corrected chi connectivity index (χ2v) is 20.5. The average molecular weight is 904 g/mol. The van der Waals surface area contributed by atoms with Crippen molar-refractivity contribution in [2.75, 3.05) is 0 Å². The largest absolute Gasteiger partial charge is 0.209 e. The van der Waals surface area contributed by atoms with Gasteiger partial charge in [-0.15, -0.1) is 9.24 Å². The molecule has 1 aromatic heterocycles. The van der Waals surface area contributed by atoms with E-state index in [2.05, 4.69) is 187 Å². The molecule has 0 amide bonds. The number of hydrogen-bond acceptors (Lipinski definition) is 3. The summed E-state index contributed by atoms with van der Waals surface area (Å²) in [6, 6.07) is 59.5. The molecule has 324 valence electrons. The van der Waals surface area contributed by atoms with Crippen LogP contribution < -0.4 is 21.2 Å². The van der Waals surface area contributed by atoms with Crippen molar-refractivity contribution in [3.63, 3.8) is 0 Å². The van der Waals surface area contributed by atoms with Gasteiger partial charge in [-0.05, 0) is 140 Å². The molecule has 0 saturated carbocycles. The second-order valence-electron chi connectivity index (χ2n) is 17.6. The fourth-order valence-corrected chi connectivity index (χ4v) is 12.3. The zero-order chi connectivity index (χ0) is 45.4. The van der Waals surface area contributed by atoms with Crippen LogP contribution in [0.15, 0.2) is 206 Å². The van der Waals surface area contributed by atoms with Gasteiger partial charge in [0.1, 0.15) is 5.82 Å². The predicted octanol–water partition coefficient (Wildman–Crippen LogP) is 14.3. The molecule has 2 aliphatic rings. The van der Waals surface area contributed by atoms with Crippen molar-refractivity contribution in [1.82, 2.24) is 15.0 Å². The first-order chi connectivity index (χ1) is 32.9. The Morgan fingerprint density at radius 1 is 0.522 bits per heavy atom. The molecule has 6 heteroatoms. The standard InChI is InChI=1S/C61H48FN3P2/c1-39-24-28-41(29-25-39)59-63-60(42-30-26-40(2)27-31-42)65-61(64-59)54-35-34-52(50-22-11-12-23-51(50)54)55-38-58(66)56(37-57(55)62)53-33-32-47(48-20-9-10-21-49(48)53)43-14-13-19-46(36-43)67(44-15-5-3-6-16-44)45-17-7-4-8-18-45/h3-24,26,28-30,32-39H,25,27,31,66H2,1-2H3. The Morgan fingerprint density at radius 3 is 1.73 bits per heavy atom. The zero-order valence-corrected chi connectivity index (χ0v) is 39.5. The lowest BCUT2D eigenvalue weighted by Crippen LogP contribution is -2.20. The number of halogens is 1. The van der Waals surface area contributed by atoms with Crippen molar-refractivity contribution in [1.29, 1.82) is 0 Å². The summed E-state index contributed by atoms with van der Waals surface area (Å²) in [4.78, 5) is 15.3. The number of fused-ring (bicyclic) bond motifs is 2. The third-order valence-electron chi connectivity index (χ3n) is 13.1. The monoisotopic (exact) mass is 903 g/mol. The van der Waals surface area contributed by atoms with Gasteiger partial charge in [-0.2, -0.15) is 0 Å². The predicted molar refractivity (Wildman–Crippen MR) is 286 cm³/mol. The van der Waals surface area contributed by atoms with E-state index in [-0.39, 0.29) is 5.82 Å². The molecule has 0 radical (unpaired) electrons. The van der Waals surface area contributed by atoms with E-state index >= 15 is 4.39 Å². The van der Waals surface area contributed by atoms with E-state index in [1.54, 1.807) is 6.07 Å². The molecule has 2 aliphatic carbocycles. The smallest absolute Gasteiger partial charge is 0.164 e. The molecule has 0 aliphatic heterocycles. The van der Waals surface area contributed by atoms with Crippen LogP contribution in [-0.4, -0.2) is 15.0 Å². The Kier molecular flexibility index (Phi) is 11.7. The van der Waals surface area contributed by atoms with Crippen LogP contribution in [0.1, 0.15) is 44.8 Å². The van der Waals surface area contributed by atoms with Gasteiger partial charge in [0.15, 0.2) is 17.5 Å². The van der Waals surface area contributed by atoms with Gasteiger partial charge in [0.05, 0.1) is 0 Å². The van der Waals surface area contributed by atoms with Gasteiger partial charge in [-0.3, -0.25) is 0 Å². The van der Waals surface area contributed by atoms with E-state index < -0.39 is 7.92 Å². The number of nitrogens with zero attached hydrogens (tertiary/aromatic N) is 3. The number of allylic oxidation sites excluding steroid dienone is 8. The lowest BCUT2D eigenvalue weighted by atomic mass is 9.90. The van der Waals surface area contributed by atoms with Crippen LogP contribution in [0.25, 0.3) is 77.5 Å². The fourth-order valence-electron chi connectivity index (χ4n) is 9.55. The summed E-state index contributed by atoms with van der Waals surface area (Å²) < 4.78 is 17.0. The minimum Gasteiger partial charge on any atom is -0.209 e. The van der Waals surface area contributed by atoms with Crippen LogP contribution in [0.4, 0.5) is 4.39 Å². The Bertz CT molecular complexity index is 3460. The molecule has 0 bridgehead atoms. The molecule has 8 aromatic carbocycles. The molecule has 2 atom stereocenters. The Balaban J connectivity index is 0.976. The summed E-state index contributed by atoms with van der Waals surface area (Å²) in [5.41, 5.74) is 9.84. The van der Waals surface area contributed by atoms with Crippen molar-refractivity contribution < 1.29 is 4.39 Å². The van der Waals surface area contributed by atoms with Gasteiger partial charge in [-0.1, -0.05) is 188 Å². The first-order valence-electron chi connectivity index (χ1n) is 23.0. The quantitative estimate of drug-likeness (QED) is 0.135. The summed E-state index contributed by atoms with van der Waals surface area (Å²) in [6.07, 6.45) is 13.7. The third kappa shape index (κ3) is 8.42. The summed E-state index contributed by atoms with van der Waals surface area (Å²) in [6.45, 7) is 4.38. The number of benzene rings is 8. The van der Waals surface area contributed by atoms with Crippen LogP contribution >= 0.6 is 17.2 Å². The molecule has 0 spiro atoms. The van der Waals surface area contributed by atoms with E-state index in [9.17, 15) is 0 Å². The summed E-state index contributed by atoms with van der Waals surface area (Å²) in [7, 11) is 2.15. The highest BCUT2D eigenvalue weighted by atomic mass is 31.1. The van der Waals surface area contributed by atoms with Crippen molar-refractivity contribution in [2.24, 2.45) is 5.92 Å². The Morgan fingerprint density at radius 2 is 1.09 bits per heavy atom. The molecule has 0 N–H and O–H groups in total. The maximum absolute atomic E-state index is 17.0. The first-order valence-corrected chi connectivity index (χ1v) is 24.9. The van der Waals surface area contributed by atoms with Crippen LogP contribution in [0.5, 0.6) is 0 Å². The van der Waals surface area contributed by atoms with Crippen LogP contribution in [0.2, 0.25) is 0 Å². The maximum atomic E-state index is 17.0. The van der Waals surface area contributed by atoms with E-state index in [0.29, 0.717) is 29.0 Å². The van der Waals surface area contributed by atoms with E-state index in [1.165, 1.54) is 21.5 Å². The van der Waals surface area contributed by atoms with Crippen LogP contribution in [0, 0.1) is 11.7 Å². The van der Waals surface area contributed by atoms with Crippen LogP contribution in [0.3, 0.4) is 0 Å². The Labute approximate surface area is 395 Å². The molecule has 1 heterocycles. The first kappa shape index (κ1) is 42.7. The molecule has 9 aromatic rings. The highest BCUT2D eigenvalue weighted by Gasteiger charge is 2.22. The van der Waals surface area contributed by atoms with Gasteiger partial charge in [0.25, 0.3) is 0 Å². The van der Waals surface area contributed by atoms with Crippen molar-refractivity contribution >= 4 is 71.1 Å². The SMILES string of the molecule is CC1=CC=C(c2nc(C3=CCC(C)C=C3)nc(-c3ccc(-c4cc(P)c(-c5ccc(-c6cccc(P(c7ccccc7)c7ccccc7)c6)c6ccccc56)cc4F)c4ccccc34)n2)CC1. The van der Waals surface area contributed by atoms with Crippen molar-refractivity contribution in [3.8, 4) is 44.8 Å². The van der Waals surface area contributed by atoms with E-state index in [4.69, 9.17) is 15.0 Å². The topological polar surface area (TPSA) is 38.7 Å². The zero-order valence-electron chi connectivity index (χ0n) is 37.5. The number of hydrogen-bond donors (Lipinski definition) is 0. The molecule has 2 unspecified atom stereocenters. The summed E-state index contributed by atoms with van der Waals surface area (Å²) in [5.74, 6) is 2.18. The van der Waals surface area contributed by atoms with E-state index in [1.807, 2.05) is 30.3 Å². The average Bonchev–Trinajstić information content (AvgIpc) is 3.37. The highest BCUT2D eigenvalue weighted by molar-refractivity contribution is 7.79. The minimum atomic E-state index is -0.766. The molecule has 11 rings (SSSR count). The highest BCUT2D eigenvalue weighted by Crippen LogP contribution is 2.41. The van der Waals surface area contributed by atoms with Gasteiger partial charge in [0.2, 0.25) is 0 Å². The number of rotatable bonds is 9. The second kappa shape index (κ2) is 18.4. The molecular weight excluding hydrogens is 856 g/mol. The third-order valence-corrected chi connectivity index (χ3v) is 16.0. The summed E-state index contributed by atoms with van der Waals surface area (Å²) >= 11 is 0. The lowest BCUT2D eigenvalue weighted by molar-refractivity contribution is 0.632. The Hall–Kier alpha value is -6.96. The minimum absolute atomic E-state index is 0.280.